The van der Waals surface area contributed by atoms with E-state index in [4.69, 9.17) is 10.00 Å². The SMILES string of the molecule is N#Cc1ccc(Oc2ccc(C(F)(F)F)cc2)c(F)c1. The molecule has 20 heavy (non-hydrogen) atoms. The molecule has 0 aliphatic carbocycles. The Hall–Kier alpha value is -2.55. The second-order valence-corrected chi connectivity index (χ2v) is 3.88. The van der Waals surface area contributed by atoms with Crippen molar-refractivity contribution in [2.75, 3.05) is 0 Å². The molecule has 102 valence electrons. The van der Waals surface area contributed by atoms with Gasteiger partial charge < -0.3 is 4.74 Å². The largest absolute Gasteiger partial charge is 0.454 e. The molecule has 0 radical (unpaired) electrons. The zero-order valence-electron chi connectivity index (χ0n) is 9.91. The minimum absolute atomic E-state index is 0.0709. The number of nitriles is 1. The first-order valence-corrected chi connectivity index (χ1v) is 5.45. The number of alkyl halides is 3. The lowest BCUT2D eigenvalue weighted by Crippen LogP contribution is -2.04. The summed E-state index contributed by atoms with van der Waals surface area (Å²) in [5.41, 5.74) is -0.688. The fourth-order valence-electron chi connectivity index (χ4n) is 1.49. The topological polar surface area (TPSA) is 33.0 Å². The second-order valence-electron chi connectivity index (χ2n) is 3.88. The van der Waals surface area contributed by atoms with E-state index in [9.17, 15) is 17.6 Å². The maximum absolute atomic E-state index is 13.5. The van der Waals surface area contributed by atoms with Crippen molar-refractivity contribution in [3.8, 4) is 17.6 Å². The van der Waals surface area contributed by atoms with Crippen LogP contribution in [-0.4, -0.2) is 0 Å². The van der Waals surface area contributed by atoms with Crippen molar-refractivity contribution in [3.63, 3.8) is 0 Å². The zero-order chi connectivity index (χ0) is 14.8. The average molecular weight is 281 g/mol. The Morgan fingerprint density at radius 2 is 1.65 bits per heavy atom. The first kappa shape index (κ1) is 13.9. The van der Waals surface area contributed by atoms with Crippen molar-refractivity contribution < 1.29 is 22.3 Å². The summed E-state index contributed by atoms with van der Waals surface area (Å²) in [4.78, 5) is 0. The summed E-state index contributed by atoms with van der Waals surface area (Å²) in [7, 11) is 0. The lowest BCUT2D eigenvalue weighted by molar-refractivity contribution is -0.137. The van der Waals surface area contributed by atoms with Crippen LogP contribution in [0.15, 0.2) is 42.5 Å². The molecule has 0 fully saturated rings. The second kappa shape index (κ2) is 5.21. The molecule has 0 aliphatic rings. The number of benzene rings is 2. The van der Waals surface area contributed by atoms with Crippen LogP contribution in [0, 0.1) is 17.1 Å². The summed E-state index contributed by atoms with van der Waals surface area (Å²) in [6.07, 6.45) is -4.43. The smallest absolute Gasteiger partial charge is 0.416 e. The third kappa shape index (κ3) is 3.06. The van der Waals surface area contributed by atoms with E-state index < -0.39 is 17.6 Å². The van der Waals surface area contributed by atoms with Crippen LogP contribution >= 0.6 is 0 Å². The summed E-state index contributed by atoms with van der Waals surface area (Å²) in [5, 5.41) is 8.59. The molecule has 0 amide bonds. The van der Waals surface area contributed by atoms with E-state index in [1.165, 1.54) is 12.1 Å². The molecule has 0 spiro atoms. The maximum atomic E-state index is 13.5. The van der Waals surface area contributed by atoms with Crippen molar-refractivity contribution in [2.24, 2.45) is 0 Å². The summed E-state index contributed by atoms with van der Waals surface area (Å²) >= 11 is 0. The molecule has 0 heterocycles. The van der Waals surface area contributed by atoms with Crippen LogP contribution in [0.3, 0.4) is 0 Å². The number of rotatable bonds is 2. The lowest BCUT2D eigenvalue weighted by atomic mass is 10.2. The van der Waals surface area contributed by atoms with E-state index in [1.54, 1.807) is 6.07 Å². The summed E-state index contributed by atoms with van der Waals surface area (Å²) in [5.74, 6) is -0.852. The van der Waals surface area contributed by atoms with E-state index in [0.29, 0.717) is 0 Å². The van der Waals surface area contributed by atoms with Crippen molar-refractivity contribution in [3.05, 3.63) is 59.4 Å². The zero-order valence-corrected chi connectivity index (χ0v) is 9.91. The van der Waals surface area contributed by atoms with Crippen LogP contribution in [-0.2, 0) is 6.18 Å². The van der Waals surface area contributed by atoms with Gasteiger partial charge in [-0.25, -0.2) is 4.39 Å². The fourth-order valence-corrected chi connectivity index (χ4v) is 1.49. The normalized spacial score (nSPS) is 10.9. The van der Waals surface area contributed by atoms with Gasteiger partial charge in [0.1, 0.15) is 5.75 Å². The van der Waals surface area contributed by atoms with E-state index in [1.807, 2.05) is 0 Å². The quantitative estimate of drug-likeness (QED) is 0.759. The Kier molecular flexibility index (Phi) is 3.61. The third-order valence-corrected chi connectivity index (χ3v) is 2.47. The molecule has 0 bridgehead atoms. The van der Waals surface area contributed by atoms with Gasteiger partial charge in [-0.1, -0.05) is 0 Å². The van der Waals surface area contributed by atoms with Gasteiger partial charge in [0.2, 0.25) is 0 Å². The summed E-state index contributed by atoms with van der Waals surface area (Å²) in [6.45, 7) is 0. The Labute approximate surface area is 111 Å². The predicted molar refractivity (Wildman–Crippen MR) is 62.6 cm³/mol. The highest BCUT2D eigenvalue weighted by Crippen LogP contribution is 2.31. The van der Waals surface area contributed by atoms with Gasteiger partial charge in [-0.3, -0.25) is 0 Å². The summed E-state index contributed by atoms with van der Waals surface area (Å²) < 4.78 is 55.7. The van der Waals surface area contributed by atoms with Gasteiger partial charge >= 0.3 is 6.18 Å². The van der Waals surface area contributed by atoms with E-state index >= 15 is 0 Å². The maximum Gasteiger partial charge on any atom is 0.416 e. The molecule has 2 aromatic carbocycles. The van der Waals surface area contributed by atoms with Gasteiger partial charge in [0.15, 0.2) is 11.6 Å². The standard InChI is InChI=1S/C14H7F4NO/c15-12-7-9(8-19)1-6-13(12)20-11-4-2-10(3-5-11)14(16,17)18/h1-7H. The first-order chi connectivity index (χ1) is 9.40. The molecule has 2 rings (SSSR count). The molecule has 0 aromatic heterocycles. The molecule has 0 aliphatic heterocycles. The number of halogens is 4. The lowest BCUT2D eigenvalue weighted by Gasteiger charge is -2.09. The number of nitrogens with zero attached hydrogens (tertiary/aromatic N) is 1. The van der Waals surface area contributed by atoms with Gasteiger partial charge in [-0.05, 0) is 42.5 Å². The molecule has 2 aromatic rings. The Bertz CT molecular complexity index is 656. The van der Waals surface area contributed by atoms with Gasteiger partial charge in [-0.15, -0.1) is 0 Å². The van der Waals surface area contributed by atoms with Gasteiger partial charge in [0.05, 0.1) is 17.2 Å². The van der Waals surface area contributed by atoms with Crippen LogP contribution in [0.2, 0.25) is 0 Å². The monoisotopic (exact) mass is 281 g/mol. The number of hydrogen-bond donors (Lipinski definition) is 0. The van der Waals surface area contributed by atoms with Crippen LogP contribution < -0.4 is 4.74 Å². The van der Waals surface area contributed by atoms with Crippen LogP contribution in [0.1, 0.15) is 11.1 Å². The molecule has 0 saturated heterocycles. The van der Waals surface area contributed by atoms with Crippen LogP contribution in [0.5, 0.6) is 11.5 Å². The Balaban J connectivity index is 2.21. The highest BCUT2D eigenvalue weighted by molar-refractivity contribution is 5.39. The highest BCUT2D eigenvalue weighted by atomic mass is 19.4. The Morgan fingerprint density at radius 1 is 1.00 bits per heavy atom. The fraction of sp³-hybridized carbons (Fsp3) is 0.0714. The minimum atomic E-state index is -4.43. The average Bonchev–Trinajstić information content (AvgIpc) is 2.40. The molecule has 2 nitrogen and oxygen atoms in total. The van der Waals surface area contributed by atoms with E-state index in [-0.39, 0.29) is 17.1 Å². The molecular formula is C14H7F4NO. The van der Waals surface area contributed by atoms with Crippen molar-refractivity contribution >= 4 is 0 Å². The van der Waals surface area contributed by atoms with Crippen LogP contribution in [0.25, 0.3) is 0 Å². The first-order valence-electron chi connectivity index (χ1n) is 5.45. The molecule has 0 N–H and O–H groups in total. The molecule has 6 heteroatoms. The van der Waals surface area contributed by atoms with Gasteiger partial charge in [-0.2, -0.15) is 18.4 Å². The van der Waals surface area contributed by atoms with Gasteiger partial charge in [0, 0.05) is 0 Å². The molecule has 0 atom stereocenters. The molecule has 0 unspecified atom stereocenters. The summed E-state index contributed by atoms with van der Waals surface area (Å²) in [6, 6.07) is 9.22. The Morgan fingerprint density at radius 3 is 2.15 bits per heavy atom. The van der Waals surface area contributed by atoms with Crippen molar-refractivity contribution in [2.45, 2.75) is 6.18 Å². The minimum Gasteiger partial charge on any atom is -0.454 e. The van der Waals surface area contributed by atoms with E-state index in [2.05, 4.69) is 0 Å². The molecular weight excluding hydrogens is 274 g/mol. The van der Waals surface area contributed by atoms with Crippen molar-refractivity contribution in [1.82, 2.24) is 0 Å². The number of ether oxygens (including phenoxy) is 1. The van der Waals surface area contributed by atoms with E-state index in [0.717, 1.165) is 30.3 Å². The third-order valence-electron chi connectivity index (χ3n) is 2.47. The number of hydrogen-bond acceptors (Lipinski definition) is 2. The molecule has 0 saturated carbocycles. The van der Waals surface area contributed by atoms with Gasteiger partial charge in [0.25, 0.3) is 0 Å². The van der Waals surface area contributed by atoms with Crippen LogP contribution in [0.4, 0.5) is 17.6 Å². The highest BCUT2D eigenvalue weighted by Gasteiger charge is 2.30. The van der Waals surface area contributed by atoms with Crippen molar-refractivity contribution in [1.29, 1.82) is 5.26 Å². The predicted octanol–water partition coefficient (Wildman–Crippen LogP) is 4.51.